The van der Waals surface area contributed by atoms with Crippen LogP contribution in [0.1, 0.15) is 23.7 Å². The van der Waals surface area contributed by atoms with Crippen LogP contribution in [0.3, 0.4) is 0 Å². The van der Waals surface area contributed by atoms with Gasteiger partial charge >= 0.3 is 0 Å². The smallest absolute Gasteiger partial charge is 0.198 e. The summed E-state index contributed by atoms with van der Waals surface area (Å²) in [7, 11) is 1.91. The molecule has 1 N–H and O–H groups in total. The minimum absolute atomic E-state index is 0.359. The lowest BCUT2D eigenvalue weighted by molar-refractivity contribution is 0.431. The summed E-state index contributed by atoms with van der Waals surface area (Å²) in [4.78, 5) is 4.54. The Morgan fingerprint density at radius 1 is 1.35 bits per heavy atom. The Hall–Kier alpha value is -2.81. The first-order valence-electron chi connectivity index (χ1n) is 8.44. The number of aromatic nitrogens is 7. The topological polar surface area (TPSA) is 90.3 Å². The second kappa shape index (κ2) is 6.17. The molecule has 0 spiro atoms. The minimum Gasteiger partial charge on any atom is -0.446 e. The van der Waals surface area contributed by atoms with Crippen LogP contribution in [0.5, 0.6) is 0 Å². The largest absolute Gasteiger partial charge is 0.446 e. The second-order valence-corrected chi connectivity index (χ2v) is 7.35. The predicted octanol–water partition coefficient (Wildman–Crippen LogP) is 2.88. The molecule has 132 valence electrons. The van der Waals surface area contributed by atoms with Crippen molar-refractivity contribution < 1.29 is 4.42 Å². The maximum atomic E-state index is 6.02. The SMILES string of the molecule is Cn1cnnc1Sc1ccc(-c2nccn2[C@H]2CCc3[nH]ncc3C2)o1. The van der Waals surface area contributed by atoms with Gasteiger partial charge in [0.1, 0.15) is 6.33 Å². The number of nitrogens with one attached hydrogen (secondary N) is 1. The van der Waals surface area contributed by atoms with E-state index in [0.717, 1.165) is 41.1 Å². The standard InChI is InChI=1S/C17H17N7OS/c1-23-10-20-22-17(23)26-15-5-4-14(25-15)16-18-6-7-24(16)12-2-3-13-11(8-12)9-19-21-13/h4-7,9-10,12H,2-3,8H2,1H3,(H,19,21)/t12-/m0/s1. The molecule has 5 rings (SSSR count). The molecule has 26 heavy (non-hydrogen) atoms. The zero-order chi connectivity index (χ0) is 17.5. The zero-order valence-electron chi connectivity index (χ0n) is 14.2. The molecule has 0 aliphatic heterocycles. The van der Waals surface area contributed by atoms with E-state index in [0.29, 0.717) is 6.04 Å². The number of aryl methyl sites for hydroxylation is 2. The lowest BCUT2D eigenvalue weighted by Gasteiger charge is -2.24. The van der Waals surface area contributed by atoms with E-state index in [9.17, 15) is 0 Å². The normalized spacial score (nSPS) is 16.7. The first-order chi connectivity index (χ1) is 12.8. The highest BCUT2D eigenvalue weighted by Crippen LogP contribution is 2.34. The van der Waals surface area contributed by atoms with Gasteiger partial charge in [0.05, 0.1) is 6.20 Å². The first kappa shape index (κ1) is 15.4. The van der Waals surface area contributed by atoms with Crippen molar-refractivity contribution in [3.8, 4) is 11.6 Å². The van der Waals surface area contributed by atoms with Crippen molar-refractivity contribution in [3.05, 3.63) is 48.3 Å². The molecule has 0 amide bonds. The van der Waals surface area contributed by atoms with Crippen molar-refractivity contribution in [1.82, 2.24) is 34.5 Å². The van der Waals surface area contributed by atoms with Gasteiger partial charge in [0.15, 0.2) is 21.8 Å². The highest BCUT2D eigenvalue weighted by atomic mass is 32.2. The molecular formula is C17H17N7OS. The summed E-state index contributed by atoms with van der Waals surface area (Å²) in [5, 5.41) is 16.8. The first-order valence-corrected chi connectivity index (χ1v) is 9.25. The molecule has 1 atom stereocenters. The molecule has 0 unspecified atom stereocenters. The molecule has 8 nitrogen and oxygen atoms in total. The van der Waals surface area contributed by atoms with Gasteiger partial charge in [-0.3, -0.25) is 5.10 Å². The van der Waals surface area contributed by atoms with Crippen LogP contribution >= 0.6 is 11.8 Å². The van der Waals surface area contributed by atoms with E-state index < -0.39 is 0 Å². The van der Waals surface area contributed by atoms with E-state index in [1.165, 1.54) is 23.0 Å². The Morgan fingerprint density at radius 3 is 3.19 bits per heavy atom. The van der Waals surface area contributed by atoms with Crippen molar-refractivity contribution >= 4 is 11.8 Å². The van der Waals surface area contributed by atoms with Crippen LogP contribution in [-0.4, -0.2) is 34.5 Å². The molecule has 4 aromatic rings. The van der Waals surface area contributed by atoms with Crippen LogP contribution in [0.4, 0.5) is 0 Å². The summed E-state index contributed by atoms with van der Waals surface area (Å²) in [6.45, 7) is 0. The minimum atomic E-state index is 0.359. The van der Waals surface area contributed by atoms with Gasteiger partial charge in [-0.1, -0.05) is 0 Å². The van der Waals surface area contributed by atoms with E-state index >= 15 is 0 Å². The van der Waals surface area contributed by atoms with Crippen molar-refractivity contribution in [2.75, 3.05) is 0 Å². The van der Waals surface area contributed by atoms with Crippen LogP contribution in [0.25, 0.3) is 11.6 Å². The number of H-pyrrole nitrogens is 1. The van der Waals surface area contributed by atoms with Crippen molar-refractivity contribution in [2.24, 2.45) is 7.05 Å². The monoisotopic (exact) mass is 367 g/mol. The van der Waals surface area contributed by atoms with Crippen LogP contribution in [-0.2, 0) is 19.9 Å². The molecule has 4 aromatic heterocycles. The lowest BCUT2D eigenvalue weighted by atomic mass is 9.93. The highest BCUT2D eigenvalue weighted by molar-refractivity contribution is 7.99. The van der Waals surface area contributed by atoms with Gasteiger partial charge in [0.2, 0.25) is 0 Å². The lowest BCUT2D eigenvalue weighted by Crippen LogP contribution is -2.18. The molecule has 4 heterocycles. The summed E-state index contributed by atoms with van der Waals surface area (Å²) >= 11 is 1.45. The van der Waals surface area contributed by atoms with E-state index in [2.05, 4.69) is 29.9 Å². The quantitative estimate of drug-likeness (QED) is 0.596. The van der Waals surface area contributed by atoms with E-state index in [4.69, 9.17) is 4.42 Å². The van der Waals surface area contributed by atoms with E-state index in [1.54, 1.807) is 6.33 Å². The number of furan rings is 1. The summed E-state index contributed by atoms with van der Waals surface area (Å²) in [5.74, 6) is 1.62. The average molecular weight is 367 g/mol. The van der Waals surface area contributed by atoms with Gasteiger partial charge in [-0.25, -0.2) is 4.98 Å². The molecule has 0 saturated heterocycles. The van der Waals surface area contributed by atoms with Gasteiger partial charge in [0.25, 0.3) is 0 Å². The summed E-state index contributed by atoms with van der Waals surface area (Å²) in [6.07, 6.45) is 10.5. The van der Waals surface area contributed by atoms with E-state index in [1.807, 2.05) is 42.3 Å². The Labute approximate surface area is 153 Å². The van der Waals surface area contributed by atoms with Gasteiger partial charge in [-0.05, 0) is 48.7 Å². The fraction of sp³-hybridized carbons (Fsp3) is 0.294. The van der Waals surface area contributed by atoms with Gasteiger partial charge in [-0.2, -0.15) is 5.10 Å². The molecule has 0 aromatic carbocycles. The summed E-state index contributed by atoms with van der Waals surface area (Å²) in [6, 6.07) is 4.27. The van der Waals surface area contributed by atoms with Crippen LogP contribution < -0.4 is 0 Å². The fourth-order valence-electron chi connectivity index (χ4n) is 3.38. The molecule has 1 aliphatic carbocycles. The molecule has 9 heteroatoms. The number of aromatic amines is 1. The summed E-state index contributed by atoms with van der Waals surface area (Å²) in [5.41, 5.74) is 2.54. The third-order valence-corrected chi connectivity index (χ3v) is 5.69. The van der Waals surface area contributed by atoms with E-state index in [-0.39, 0.29) is 0 Å². The second-order valence-electron chi connectivity index (χ2n) is 6.37. The number of hydrogen-bond donors (Lipinski definition) is 1. The van der Waals surface area contributed by atoms with Crippen molar-refractivity contribution in [1.29, 1.82) is 0 Å². The Bertz CT molecular complexity index is 1040. The van der Waals surface area contributed by atoms with Gasteiger partial charge < -0.3 is 13.6 Å². The number of fused-ring (bicyclic) bond motifs is 1. The number of nitrogens with zero attached hydrogens (tertiary/aromatic N) is 6. The van der Waals surface area contributed by atoms with Crippen molar-refractivity contribution in [2.45, 2.75) is 35.6 Å². The Morgan fingerprint density at radius 2 is 2.31 bits per heavy atom. The van der Waals surface area contributed by atoms with Crippen molar-refractivity contribution in [3.63, 3.8) is 0 Å². The molecular weight excluding hydrogens is 350 g/mol. The maximum Gasteiger partial charge on any atom is 0.198 e. The fourth-order valence-corrected chi connectivity index (χ4v) is 4.11. The third kappa shape index (κ3) is 2.64. The van der Waals surface area contributed by atoms with Crippen LogP contribution in [0.15, 0.2) is 51.7 Å². The molecule has 0 fully saturated rings. The number of imidazole rings is 1. The molecule has 0 saturated carbocycles. The van der Waals surface area contributed by atoms with Gasteiger partial charge in [-0.15, -0.1) is 10.2 Å². The molecule has 1 aliphatic rings. The number of rotatable bonds is 4. The van der Waals surface area contributed by atoms with Crippen LogP contribution in [0.2, 0.25) is 0 Å². The summed E-state index contributed by atoms with van der Waals surface area (Å²) < 4.78 is 10.1. The zero-order valence-corrected chi connectivity index (χ0v) is 15.0. The number of hydrogen-bond acceptors (Lipinski definition) is 6. The Kier molecular flexibility index (Phi) is 3.66. The van der Waals surface area contributed by atoms with Crippen LogP contribution in [0, 0.1) is 0 Å². The maximum absolute atomic E-state index is 6.02. The predicted molar refractivity (Wildman–Crippen MR) is 94.7 cm³/mol. The Balaban J connectivity index is 1.41. The van der Waals surface area contributed by atoms with Gasteiger partial charge in [0, 0.05) is 31.2 Å². The molecule has 0 bridgehead atoms. The average Bonchev–Trinajstić information content (AvgIpc) is 3.42. The molecule has 0 radical (unpaired) electrons. The third-order valence-electron chi connectivity index (χ3n) is 4.72. The highest BCUT2D eigenvalue weighted by Gasteiger charge is 2.24.